The summed E-state index contributed by atoms with van der Waals surface area (Å²) in [5, 5.41) is 3.44. The number of benzene rings is 2. The lowest BCUT2D eigenvalue weighted by atomic mass is 9.95. The molecule has 0 radical (unpaired) electrons. The third-order valence-corrected chi connectivity index (χ3v) is 9.64. The summed E-state index contributed by atoms with van der Waals surface area (Å²) in [6, 6.07) is 10.4. The minimum Gasteiger partial charge on any atom is -0.497 e. The Labute approximate surface area is 232 Å². The highest BCUT2D eigenvalue weighted by Crippen LogP contribution is 2.32. The molecule has 1 saturated heterocycles. The van der Waals surface area contributed by atoms with Crippen molar-refractivity contribution in [1.82, 2.24) is 9.21 Å². The monoisotopic (exact) mass is 564 g/mol. The number of rotatable bonds is 12. The first-order valence-corrected chi connectivity index (χ1v) is 15.1. The zero-order chi connectivity index (χ0) is 27.9. The number of nitrogens with one attached hydrogen (secondary N) is 1. The third-order valence-electron chi connectivity index (χ3n) is 7.32. The number of anilines is 2. The van der Waals surface area contributed by atoms with Crippen LogP contribution in [0.5, 0.6) is 5.75 Å². The van der Waals surface area contributed by atoms with Crippen LogP contribution in [-0.4, -0.2) is 77.0 Å². The molecule has 1 aliphatic heterocycles. The molecule has 8 nitrogen and oxygen atoms in total. The first-order valence-electron chi connectivity index (χ1n) is 13.3. The predicted molar refractivity (Wildman–Crippen MR) is 155 cm³/mol. The van der Waals surface area contributed by atoms with Gasteiger partial charge < -0.3 is 19.9 Å². The van der Waals surface area contributed by atoms with Crippen molar-refractivity contribution in [2.24, 2.45) is 5.92 Å². The average molecular weight is 565 g/mol. The van der Waals surface area contributed by atoms with Crippen LogP contribution in [0.2, 0.25) is 5.02 Å². The largest absolute Gasteiger partial charge is 0.497 e. The molecule has 0 atom stereocenters. The maximum absolute atomic E-state index is 13.0. The lowest BCUT2D eigenvalue weighted by molar-refractivity contribution is -0.116. The number of sulfonamides is 1. The summed E-state index contributed by atoms with van der Waals surface area (Å²) < 4.78 is 32.3. The van der Waals surface area contributed by atoms with Gasteiger partial charge in [0.05, 0.1) is 22.7 Å². The third kappa shape index (κ3) is 7.62. The van der Waals surface area contributed by atoms with Gasteiger partial charge in [-0.25, -0.2) is 12.7 Å². The second kappa shape index (κ2) is 13.6. The maximum Gasteiger partial charge on any atom is 0.243 e. The zero-order valence-corrected chi connectivity index (χ0v) is 24.7. The van der Waals surface area contributed by atoms with E-state index in [1.165, 1.54) is 24.5 Å². The van der Waals surface area contributed by atoms with Crippen molar-refractivity contribution >= 4 is 38.9 Å². The minimum absolute atomic E-state index is 0.0182. The number of aryl methyl sites for hydroxylation is 1. The molecule has 1 amide bonds. The Morgan fingerprint density at radius 2 is 1.82 bits per heavy atom. The van der Waals surface area contributed by atoms with E-state index in [0.29, 0.717) is 27.9 Å². The van der Waals surface area contributed by atoms with Crippen molar-refractivity contribution in [3.8, 4) is 5.75 Å². The van der Waals surface area contributed by atoms with Crippen LogP contribution in [-0.2, 0) is 14.8 Å². The Morgan fingerprint density at radius 3 is 2.39 bits per heavy atom. The van der Waals surface area contributed by atoms with Crippen LogP contribution in [0.1, 0.15) is 38.7 Å². The molecule has 38 heavy (non-hydrogen) atoms. The van der Waals surface area contributed by atoms with Crippen molar-refractivity contribution in [2.75, 3.05) is 63.6 Å². The quantitative estimate of drug-likeness (QED) is 0.396. The SMILES string of the molecule is CCN(CC)CC1CCN(c2ccc(NC(=O)CCN(C)S(=O)(=O)c3ccc(OC)cc3C)cc2Cl)CC1. The number of carbonyl (C=O) groups is 1. The molecule has 0 aliphatic carbocycles. The fraction of sp³-hybridized carbons (Fsp3) is 0.536. The molecule has 0 bridgehead atoms. The van der Waals surface area contributed by atoms with E-state index in [1.807, 2.05) is 12.1 Å². The number of nitrogens with zero attached hydrogens (tertiary/aromatic N) is 3. The van der Waals surface area contributed by atoms with Crippen LogP contribution in [0.3, 0.4) is 0 Å². The number of halogens is 1. The van der Waals surface area contributed by atoms with Gasteiger partial charge >= 0.3 is 0 Å². The van der Waals surface area contributed by atoms with E-state index in [4.69, 9.17) is 16.3 Å². The van der Waals surface area contributed by atoms with Gasteiger partial charge in [-0.15, -0.1) is 0 Å². The molecular weight excluding hydrogens is 524 g/mol. The van der Waals surface area contributed by atoms with Crippen molar-refractivity contribution < 1.29 is 17.9 Å². The van der Waals surface area contributed by atoms with Crippen molar-refractivity contribution in [1.29, 1.82) is 0 Å². The number of amides is 1. The summed E-state index contributed by atoms with van der Waals surface area (Å²) in [5.74, 6) is 1.02. The summed E-state index contributed by atoms with van der Waals surface area (Å²) in [7, 11) is -0.725. The van der Waals surface area contributed by atoms with Crippen LogP contribution in [0.25, 0.3) is 0 Å². The molecule has 0 unspecified atom stereocenters. The minimum atomic E-state index is -3.73. The second-order valence-electron chi connectivity index (χ2n) is 9.84. The lowest BCUT2D eigenvalue weighted by Crippen LogP contribution is -2.38. The molecule has 210 valence electrons. The number of methoxy groups -OCH3 is 1. The lowest BCUT2D eigenvalue weighted by Gasteiger charge is -2.36. The molecule has 1 N–H and O–H groups in total. The first kappa shape index (κ1) is 30.2. The molecule has 3 rings (SSSR count). The highest BCUT2D eigenvalue weighted by Gasteiger charge is 2.24. The number of ether oxygens (including phenoxy) is 1. The molecule has 10 heteroatoms. The maximum atomic E-state index is 13.0. The summed E-state index contributed by atoms with van der Waals surface area (Å²) in [6.45, 7) is 11.4. The van der Waals surface area contributed by atoms with Gasteiger partial charge in [0.25, 0.3) is 0 Å². The van der Waals surface area contributed by atoms with Gasteiger partial charge in [-0.1, -0.05) is 25.4 Å². The van der Waals surface area contributed by atoms with Gasteiger partial charge in [0.15, 0.2) is 0 Å². The molecular formula is C28H41ClN4O4S. The Morgan fingerprint density at radius 1 is 1.13 bits per heavy atom. The predicted octanol–water partition coefficient (Wildman–Crippen LogP) is 4.86. The van der Waals surface area contributed by atoms with Crippen LogP contribution in [0, 0.1) is 12.8 Å². The molecule has 0 saturated carbocycles. The van der Waals surface area contributed by atoms with E-state index in [-0.39, 0.29) is 23.8 Å². The van der Waals surface area contributed by atoms with E-state index in [1.54, 1.807) is 25.1 Å². The van der Waals surface area contributed by atoms with Crippen molar-refractivity contribution in [2.45, 2.75) is 44.9 Å². The summed E-state index contributed by atoms with van der Waals surface area (Å²) in [4.78, 5) is 17.6. The van der Waals surface area contributed by atoms with Gasteiger partial charge in [-0.05, 0) is 80.7 Å². The van der Waals surface area contributed by atoms with Gasteiger partial charge in [0.1, 0.15) is 5.75 Å². The van der Waals surface area contributed by atoms with Gasteiger partial charge in [-0.3, -0.25) is 4.79 Å². The number of hydrogen-bond donors (Lipinski definition) is 1. The fourth-order valence-corrected chi connectivity index (χ4v) is 6.53. The van der Waals surface area contributed by atoms with E-state index in [2.05, 4.69) is 29.0 Å². The molecule has 1 fully saturated rings. The molecule has 2 aromatic carbocycles. The van der Waals surface area contributed by atoms with E-state index in [0.717, 1.165) is 51.3 Å². The Kier molecular flexibility index (Phi) is 10.8. The van der Waals surface area contributed by atoms with Crippen LogP contribution in [0.4, 0.5) is 11.4 Å². The van der Waals surface area contributed by atoms with Crippen LogP contribution < -0.4 is 15.0 Å². The summed E-state index contributed by atoms with van der Waals surface area (Å²) in [6.07, 6.45) is 2.29. The Bertz CT molecular complexity index is 1200. The molecule has 1 heterocycles. The normalized spacial score (nSPS) is 14.8. The Balaban J connectivity index is 1.53. The highest BCUT2D eigenvalue weighted by atomic mass is 35.5. The molecule has 0 spiro atoms. The van der Waals surface area contributed by atoms with E-state index >= 15 is 0 Å². The highest BCUT2D eigenvalue weighted by molar-refractivity contribution is 7.89. The standard InChI is InChI=1S/C28H41ClN4O4S/c1-6-32(7-2)20-22-12-16-33(17-13-22)26-10-8-23(19-25(26)29)30-28(34)14-15-31(4)38(35,36)27-11-9-24(37-5)18-21(27)3/h8-11,18-19,22H,6-7,12-17,20H2,1-5H3,(H,30,34). The number of carbonyl (C=O) groups excluding carboxylic acids is 1. The van der Waals surface area contributed by atoms with E-state index < -0.39 is 10.0 Å². The summed E-state index contributed by atoms with van der Waals surface area (Å²) >= 11 is 6.61. The van der Waals surface area contributed by atoms with Gasteiger partial charge in [-0.2, -0.15) is 0 Å². The topological polar surface area (TPSA) is 82.2 Å². The van der Waals surface area contributed by atoms with Crippen LogP contribution in [0.15, 0.2) is 41.3 Å². The zero-order valence-electron chi connectivity index (χ0n) is 23.2. The first-order chi connectivity index (χ1) is 18.1. The Hall–Kier alpha value is -2.33. The molecule has 1 aliphatic rings. The van der Waals surface area contributed by atoms with Gasteiger partial charge in [0.2, 0.25) is 15.9 Å². The average Bonchev–Trinajstić information content (AvgIpc) is 2.90. The fourth-order valence-electron chi connectivity index (χ4n) is 4.85. The molecule has 0 aromatic heterocycles. The van der Waals surface area contributed by atoms with E-state index in [9.17, 15) is 13.2 Å². The van der Waals surface area contributed by atoms with Gasteiger partial charge in [0, 0.05) is 45.3 Å². The second-order valence-corrected chi connectivity index (χ2v) is 12.3. The van der Waals surface area contributed by atoms with Crippen molar-refractivity contribution in [3.05, 3.63) is 47.0 Å². The number of hydrogen-bond acceptors (Lipinski definition) is 6. The smallest absolute Gasteiger partial charge is 0.243 e. The van der Waals surface area contributed by atoms with Crippen molar-refractivity contribution in [3.63, 3.8) is 0 Å². The summed E-state index contributed by atoms with van der Waals surface area (Å²) in [5.41, 5.74) is 2.16. The van der Waals surface area contributed by atoms with Crippen LogP contribution >= 0.6 is 11.6 Å². The number of piperidine rings is 1. The molecule has 2 aromatic rings.